The summed E-state index contributed by atoms with van der Waals surface area (Å²) in [5.74, 6) is 1.30. The molecule has 1 N–H and O–H groups in total. The van der Waals surface area contributed by atoms with E-state index in [0.717, 1.165) is 29.0 Å². The van der Waals surface area contributed by atoms with E-state index in [4.69, 9.17) is 4.42 Å². The second kappa shape index (κ2) is 7.74. The van der Waals surface area contributed by atoms with Crippen LogP contribution in [0.15, 0.2) is 53.2 Å². The van der Waals surface area contributed by atoms with Crippen LogP contribution in [0.1, 0.15) is 38.8 Å². The van der Waals surface area contributed by atoms with Gasteiger partial charge >= 0.3 is 0 Å². The molecule has 7 nitrogen and oxygen atoms in total. The number of aromatic nitrogens is 2. The summed E-state index contributed by atoms with van der Waals surface area (Å²) in [4.78, 5) is 36.0. The smallest absolute Gasteiger partial charge is 0.252 e. The third-order valence-corrected chi connectivity index (χ3v) is 5.72. The lowest BCUT2D eigenvalue weighted by Crippen LogP contribution is -2.53. The summed E-state index contributed by atoms with van der Waals surface area (Å²) in [7, 11) is 0. The summed E-state index contributed by atoms with van der Waals surface area (Å²) >= 11 is 0. The van der Waals surface area contributed by atoms with Gasteiger partial charge < -0.3 is 14.6 Å². The lowest BCUT2D eigenvalue weighted by Gasteiger charge is -2.32. The van der Waals surface area contributed by atoms with Crippen LogP contribution in [0, 0.1) is 0 Å². The molecule has 2 amide bonds. The standard InChI is InChI=1S/C23H22N4O3/c28-22-17-6-2-1-5-16(17)12-18(26-22)23(29)27-11-9-20-19(14-27)25-21(30-20)8-7-15-4-3-10-24-13-15/h1-6,10,13,18H,7-9,11-12,14H2,(H,26,28). The van der Waals surface area contributed by atoms with Gasteiger partial charge in [0, 0.05) is 43.8 Å². The van der Waals surface area contributed by atoms with Gasteiger partial charge in [0.15, 0.2) is 5.89 Å². The number of amides is 2. The fourth-order valence-corrected chi connectivity index (χ4v) is 4.14. The van der Waals surface area contributed by atoms with Crippen molar-refractivity contribution in [2.75, 3.05) is 6.54 Å². The number of rotatable bonds is 4. The number of carbonyl (C=O) groups excluding carboxylic acids is 2. The maximum atomic E-state index is 13.1. The highest BCUT2D eigenvalue weighted by Gasteiger charge is 2.34. The van der Waals surface area contributed by atoms with Crippen molar-refractivity contribution in [2.24, 2.45) is 0 Å². The highest BCUT2D eigenvalue weighted by Crippen LogP contribution is 2.23. The number of benzene rings is 1. The van der Waals surface area contributed by atoms with Gasteiger partial charge in [-0.15, -0.1) is 0 Å². The zero-order chi connectivity index (χ0) is 20.5. The zero-order valence-electron chi connectivity index (χ0n) is 16.5. The predicted molar refractivity (Wildman–Crippen MR) is 109 cm³/mol. The van der Waals surface area contributed by atoms with E-state index in [-0.39, 0.29) is 11.8 Å². The van der Waals surface area contributed by atoms with E-state index < -0.39 is 6.04 Å². The number of fused-ring (bicyclic) bond motifs is 2. The average Bonchev–Trinajstić information content (AvgIpc) is 3.20. The van der Waals surface area contributed by atoms with Crippen molar-refractivity contribution in [2.45, 2.75) is 38.3 Å². The van der Waals surface area contributed by atoms with E-state index in [1.54, 1.807) is 17.2 Å². The van der Waals surface area contributed by atoms with E-state index in [9.17, 15) is 9.59 Å². The van der Waals surface area contributed by atoms with Gasteiger partial charge in [-0.05, 0) is 29.7 Å². The van der Waals surface area contributed by atoms with E-state index in [1.165, 1.54) is 0 Å². The molecule has 152 valence electrons. The molecule has 0 fully saturated rings. The van der Waals surface area contributed by atoms with Crippen molar-refractivity contribution in [1.82, 2.24) is 20.2 Å². The van der Waals surface area contributed by atoms with Crippen LogP contribution in [0.4, 0.5) is 0 Å². The average molecular weight is 402 g/mol. The van der Waals surface area contributed by atoms with Gasteiger partial charge in [-0.1, -0.05) is 24.3 Å². The van der Waals surface area contributed by atoms with E-state index >= 15 is 0 Å². The van der Waals surface area contributed by atoms with Crippen LogP contribution in [0.25, 0.3) is 0 Å². The molecule has 1 atom stereocenters. The van der Waals surface area contributed by atoms with Gasteiger partial charge in [0.2, 0.25) is 5.91 Å². The van der Waals surface area contributed by atoms with Gasteiger partial charge in [-0.25, -0.2) is 4.98 Å². The van der Waals surface area contributed by atoms with E-state index in [0.29, 0.717) is 43.8 Å². The number of nitrogens with zero attached hydrogens (tertiary/aromatic N) is 3. The van der Waals surface area contributed by atoms with Gasteiger partial charge in [0.25, 0.3) is 5.91 Å². The molecule has 30 heavy (non-hydrogen) atoms. The Bertz CT molecular complexity index is 1090. The highest BCUT2D eigenvalue weighted by atomic mass is 16.4. The van der Waals surface area contributed by atoms with Gasteiger partial charge in [-0.2, -0.15) is 0 Å². The molecular weight excluding hydrogens is 380 g/mol. The van der Waals surface area contributed by atoms with Crippen molar-refractivity contribution in [3.63, 3.8) is 0 Å². The monoisotopic (exact) mass is 402 g/mol. The van der Waals surface area contributed by atoms with E-state index in [1.807, 2.05) is 36.5 Å². The molecule has 0 spiro atoms. The molecule has 2 aliphatic heterocycles. The summed E-state index contributed by atoms with van der Waals surface area (Å²) in [5, 5.41) is 2.86. The first-order chi connectivity index (χ1) is 14.7. The number of aryl methyl sites for hydroxylation is 2. The summed E-state index contributed by atoms with van der Waals surface area (Å²) < 4.78 is 5.93. The maximum absolute atomic E-state index is 13.1. The number of nitrogens with one attached hydrogen (secondary N) is 1. The Labute approximate surface area is 174 Å². The van der Waals surface area contributed by atoms with Crippen LogP contribution in [0.5, 0.6) is 0 Å². The lowest BCUT2D eigenvalue weighted by molar-refractivity contribution is -0.134. The fraction of sp³-hybridized carbons (Fsp3) is 0.304. The van der Waals surface area contributed by atoms with Crippen molar-refractivity contribution >= 4 is 11.8 Å². The number of pyridine rings is 1. The maximum Gasteiger partial charge on any atom is 0.252 e. The molecule has 0 saturated heterocycles. The topological polar surface area (TPSA) is 88.3 Å². The summed E-state index contributed by atoms with van der Waals surface area (Å²) in [6, 6.07) is 10.9. The molecule has 7 heteroatoms. The molecule has 2 aromatic heterocycles. The zero-order valence-corrected chi connectivity index (χ0v) is 16.5. The molecule has 1 aromatic carbocycles. The molecule has 5 rings (SSSR count). The Hall–Kier alpha value is -3.48. The first-order valence-electron chi connectivity index (χ1n) is 10.2. The molecule has 1 unspecified atom stereocenters. The van der Waals surface area contributed by atoms with Crippen LogP contribution in [-0.4, -0.2) is 39.3 Å². The second-order valence-electron chi connectivity index (χ2n) is 7.74. The number of hydrogen-bond donors (Lipinski definition) is 1. The SMILES string of the molecule is O=C1NC(C(=O)N2CCc3oc(CCc4cccnc4)nc3C2)Cc2ccccc21. The largest absolute Gasteiger partial charge is 0.445 e. The van der Waals surface area contributed by atoms with Crippen molar-refractivity contribution in [3.8, 4) is 0 Å². The van der Waals surface area contributed by atoms with Crippen LogP contribution >= 0.6 is 0 Å². The van der Waals surface area contributed by atoms with Crippen molar-refractivity contribution in [1.29, 1.82) is 0 Å². The third kappa shape index (κ3) is 3.58. The minimum absolute atomic E-state index is 0.0663. The summed E-state index contributed by atoms with van der Waals surface area (Å²) in [6.45, 7) is 0.982. The molecule has 0 radical (unpaired) electrons. The number of oxazole rings is 1. The van der Waals surface area contributed by atoms with Crippen LogP contribution in [0.2, 0.25) is 0 Å². The fourth-order valence-electron chi connectivity index (χ4n) is 4.14. The number of carbonyl (C=O) groups is 2. The Kier molecular flexibility index (Phi) is 4.78. The first kappa shape index (κ1) is 18.5. The lowest BCUT2D eigenvalue weighted by atomic mass is 9.94. The quantitative estimate of drug-likeness (QED) is 0.722. The number of hydrogen-bond acceptors (Lipinski definition) is 5. The van der Waals surface area contributed by atoms with Crippen LogP contribution in [0.3, 0.4) is 0 Å². The summed E-state index contributed by atoms with van der Waals surface area (Å²) in [6.07, 6.45) is 6.26. The molecule has 0 saturated carbocycles. The summed E-state index contributed by atoms with van der Waals surface area (Å²) in [5.41, 5.74) is 3.52. The van der Waals surface area contributed by atoms with Crippen molar-refractivity contribution < 1.29 is 14.0 Å². The minimum Gasteiger partial charge on any atom is -0.445 e. The van der Waals surface area contributed by atoms with E-state index in [2.05, 4.69) is 15.3 Å². The Morgan fingerprint density at radius 2 is 2.10 bits per heavy atom. The van der Waals surface area contributed by atoms with Gasteiger partial charge in [0.05, 0.1) is 6.54 Å². The predicted octanol–water partition coefficient (Wildman–Crippen LogP) is 2.09. The second-order valence-corrected chi connectivity index (χ2v) is 7.74. The third-order valence-electron chi connectivity index (χ3n) is 5.72. The van der Waals surface area contributed by atoms with Crippen LogP contribution in [-0.2, 0) is 37.0 Å². The molecular formula is C23H22N4O3. The molecule has 3 aromatic rings. The normalized spacial score (nSPS) is 17.8. The molecule has 0 aliphatic carbocycles. The molecule has 0 bridgehead atoms. The van der Waals surface area contributed by atoms with Gasteiger partial charge in [-0.3, -0.25) is 14.6 Å². The Balaban J connectivity index is 1.25. The van der Waals surface area contributed by atoms with Crippen LogP contribution < -0.4 is 5.32 Å². The van der Waals surface area contributed by atoms with Gasteiger partial charge in [0.1, 0.15) is 17.5 Å². The van der Waals surface area contributed by atoms with Crippen molar-refractivity contribution in [3.05, 3.63) is 82.8 Å². The molecule has 4 heterocycles. The molecule has 2 aliphatic rings. The first-order valence-corrected chi connectivity index (χ1v) is 10.2. The minimum atomic E-state index is -0.536. The Morgan fingerprint density at radius 1 is 1.20 bits per heavy atom. The highest BCUT2D eigenvalue weighted by molar-refractivity contribution is 6.00. The Morgan fingerprint density at radius 3 is 2.97 bits per heavy atom.